The Hall–Kier alpha value is -2.89. The van der Waals surface area contributed by atoms with Crippen LogP contribution in [0, 0.1) is 0 Å². The van der Waals surface area contributed by atoms with Gasteiger partial charge in [-0.05, 0) is 43.3 Å². The zero-order valence-corrected chi connectivity index (χ0v) is 14.7. The van der Waals surface area contributed by atoms with Crippen LogP contribution in [0.5, 0.6) is 23.0 Å². The third-order valence-electron chi connectivity index (χ3n) is 3.45. The smallest absolute Gasteiger partial charge is 0.260 e. The molecule has 0 heterocycles. The first-order valence-electron chi connectivity index (χ1n) is 7.97. The molecule has 0 saturated heterocycles. The lowest BCUT2D eigenvalue weighted by atomic mass is 10.3. The highest BCUT2D eigenvalue weighted by atomic mass is 16.5. The maximum absolute atomic E-state index is 12.0. The Labute approximate surface area is 147 Å². The van der Waals surface area contributed by atoms with E-state index in [9.17, 15) is 4.79 Å². The Morgan fingerprint density at radius 2 is 1.60 bits per heavy atom. The van der Waals surface area contributed by atoms with E-state index in [2.05, 4.69) is 5.32 Å². The molecule has 134 valence electrons. The second kappa shape index (κ2) is 9.42. The van der Waals surface area contributed by atoms with Crippen LogP contribution in [0.4, 0.5) is 0 Å². The molecule has 0 radical (unpaired) electrons. The molecule has 0 aromatic heterocycles. The number of benzene rings is 2. The molecule has 0 fully saturated rings. The molecule has 2 rings (SSSR count). The summed E-state index contributed by atoms with van der Waals surface area (Å²) in [4.78, 5) is 12.0. The molecule has 6 heteroatoms. The van der Waals surface area contributed by atoms with Crippen molar-refractivity contribution in [1.29, 1.82) is 0 Å². The van der Waals surface area contributed by atoms with E-state index >= 15 is 0 Å². The van der Waals surface area contributed by atoms with Crippen LogP contribution in [0.1, 0.15) is 6.92 Å². The number of hydrogen-bond acceptors (Lipinski definition) is 5. The largest absolute Gasteiger partial charge is 0.497 e. The first kappa shape index (κ1) is 18.4. The van der Waals surface area contributed by atoms with Gasteiger partial charge in [-0.1, -0.05) is 6.07 Å². The Bertz CT molecular complexity index is 672. The molecule has 25 heavy (non-hydrogen) atoms. The zero-order chi connectivity index (χ0) is 18.1. The van der Waals surface area contributed by atoms with Crippen LogP contribution >= 0.6 is 0 Å². The van der Waals surface area contributed by atoms with Crippen LogP contribution in [-0.2, 0) is 4.79 Å². The molecular weight excluding hydrogens is 322 g/mol. The number of nitrogens with one attached hydrogen (secondary N) is 1. The summed E-state index contributed by atoms with van der Waals surface area (Å²) in [6, 6.07) is 14.4. The van der Waals surface area contributed by atoms with Gasteiger partial charge < -0.3 is 24.3 Å². The van der Waals surface area contributed by atoms with Crippen molar-refractivity contribution < 1.29 is 23.7 Å². The molecule has 0 aliphatic heterocycles. The summed E-state index contributed by atoms with van der Waals surface area (Å²) >= 11 is 0. The first-order chi connectivity index (χ1) is 12.1. The number of methoxy groups -OCH3 is 2. The minimum Gasteiger partial charge on any atom is -0.497 e. The van der Waals surface area contributed by atoms with Crippen molar-refractivity contribution >= 4 is 5.91 Å². The Balaban J connectivity index is 1.71. The van der Waals surface area contributed by atoms with Crippen LogP contribution in [0.25, 0.3) is 0 Å². The van der Waals surface area contributed by atoms with Gasteiger partial charge >= 0.3 is 0 Å². The summed E-state index contributed by atoms with van der Waals surface area (Å²) in [5.41, 5.74) is 0. The van der Waals surface area contributed by atoms with Crippen LogP contribution in [0.15, 0.2) is 48.5 Å². The van der Waals surface area contributed by atoms with Crippen molar-refractivity contribution in [3.63, 3.8) is 0 Å². The summed E-state index contributed by atoms with van der Waals surface area (Å²) < 4.78 is 21.4. The molecule has 1 atom stereocenters. The van der Waals surface area contributed by atoms with E-state index in [0.29, 0.717) is 24.7 Å². The molecule has 1 amide bonds. The van der Waals surface area contributed by atoms with E-state index < -0.39 is 6.10 Å². The summed E-state index contributed by atoms with van der Waals surface area (Å²) in [7, 11) is 3.20. The molecule has 0 spiro atoms. The average molecular weight is 345 g/mol. The summed E-state index contributed by atoms with van der Waals surface area (Å²) in [5, 5.41) is 2.78. The molecule has 6 nitrogen and oxygen atoms in total. The van der Waals surface area contributed by atoms with Crippen molar-refractivity contribution in [3.05, 3.63) is 48.5 Å². The topological polar surface area (TPSA) is 66.0 Å². The molecule has 0 bridgehead atoms. The van der Waals surface area contributed by atoms with Crippen LogP contribution in [0.3, 0.4) is 0 Å². The highest BCUT2D eigenvalue weighted by Crippen LogP contribution is 2.19. The van der Waals surface area contributed by atoms with E-state index in [1.807, 2.05) is 18.2 Å². The standard InChI is InChI=1S/C19H23NO5/c1-14(25-16-9-7-15(22-2)8-10-16)19(21)20-11-12-24-18-6-4-5-17(13-18)23-3/h4-10,13-14H,11-12H2,1-3H3,(H,20,21)/t14-/m1/s1. The fourth-order valence-electron chi connectivity index (χ4n) is 2.09. The highest BCUT2D eigenvalue weighted by Gasteiger charge is 2.14. The number of hydrogen-bond donors (Lipinski definition) is 1. The molecule has 0 aliphatic carbocycles. The van der Waals surface area contributed by atoms with Crippen molar-refractivity contribution in [2.45, 2.75) is 13.0 Å². The third kappa shape index (κ3) is 5.91. The Morgan fingerprint density at radius 3 is 2.28 bits per heavy atom. The minimum absolute atomic E-state index is 0.204. The van der Waals surface area contributed by atoms with Gasteiger partial charge in [0.1, 0.15) is 29.6 Å². The second-order valence-corrected chi connectivity index (χ2v) is 5.25. The third-order valence-corrected chi connectivity index (χ3v) is 3.45. The molecule has 2 aromatic rings. The van der Waals surface area contributed by atoms with Crippen molar-refractivity contribution in [2.24, 2.45) is 0 Å². The van der Waals surface area contributed by atoms with Gasteiger partial charge in [-0.3, -0.25) is 4.79 Å². The van der Waals surface area contributed by atoms with E-state index in [4.69, 9.17) is 18.9 Å². The lowest BCUT2D eigenvalue weighted by molar-refractivity contribution is -0.127. The fourth-order valence-corrected chi connectivity index (χ4v) is 2.09. The zero-order valence-electron chi connectivity index (χ0n) is 14.7. The minimum atomic E-state index is -0.606. The molecular formula is C19H23NO5. The lowest BCUT2D eigenvalue weighted by Gasteiger charge is -2.15. The van der Waals surface area contributed by atoms with Crippen LogP contribution in [0.2, 0.25) is 0 Å². The van der Waals surface area contributed by atoms with Gasteiger partial charge in [0.15, 0.2) is 6.10 Å². The average Bonchev–Trinajstić information content (AvgIpc) is 2.65. The van der Waals surface area contributed by atoms with Gasteiger partial charge in [0.2, 0.25) is 0 Å². The summed E-state index contributed by atoms with van der Waals surface area (Å²) in [5.74, 6) is 2.56. The number of carbonyl (C=O) groups is 1. The second-order valence-electron chi connectivity index (χ2n) is 5.25. The van der Waals surface area contributed by atoms with Crippen molar-refractivity contribution in [2.75, 3.05) is 27.4 Å². The van der Waals surface area contributed by atoms with Crippen molar-refractivity contribution in [3.8, 4) is 23.0 Å². The van der Waals surface area contributed by atoms with E-state index in [1.54, 1.807) is 51.5 Å². The fraction of sp³-hybridized carbons (Fsp3) is 0.316. The molecule has 0 aliphatic rings. The Kier molecular flexibility index (Phi) is 6.95. The van der Waals surface area contributed by atoms with Gasteiger partial charge in [0.25, 0.3) is 5.91 Å². The van der Waals surface area contributed by atoms with Gasteiger partial charge in [0, 0.05) is 6.07 Å². The van der Waals surface area contributed by atoms with Crippen LogP contribution < -0.4 is 24.3 Å². The lowest BCUT2D eigenvalue weighted by Crippen LogP contribution is -2.38. The number of carbonyl (C=O) groups excluding carboxylic acids is 1. The SMILES string of the molecule is COc1ccc(O[C@H](C)C(=O)NCCOc2cccc(OC)c2)cc1. The van der Waals surface area contributed by atoms with Gasteiger partial charge in [-0.25, -0.2) is 0 Å². The molecule has 0 saturated carbocycles. The number of ether oxygens (including phenoxy) is 4. The normalized spacial score (nSPS) is 11.3. The molecule has 2 aromatic carbocycles. The summed E-state index contributed by atoms with van der Waals surface area (Å²) in [6.07, 6.45) is -0.606. The molecule has 0 unspecified atom stereocenters. The molecule has 1 N–H and O–H groups in total. The van der Waals surface area contributed by atoms with Gasteiger partial charge in [-0.2, -0.15) is 0 Å². The maximum atomic E-state index is 12.0. The Morgan fingerprint density at radius 1 is 0.960 bits per heavy atom. The maximum Gasteiger partial charge on any atom is 0.260 e. The quantitative estimate of drug-likeness (QED) is 0.708. The first-order valence-corrected chi connectivity index (χ1v) is 7.97. The predicted molar refractivity (Wildman–Crippen MR) is 94.6 cm³/mol. The number of amides is 1. The van der Waals surface area contributed by atoms with E-state index in [0.717, 1.165) is 11.5 Å². The predicted octanol–water partition coefficient (Wildman–Crippen LogP) is 2.67. The van der Waals surface area contributed by atoms with Gasteiger partial charge in [0.05, 0.1) is 20.8 Å². The van der Waals surface area contributed by atoms with E-state index in [-0.39, 0.29) is 5.91 Å². The highest BCUT2D eigenvalue weighted by molar-refractivity contribution is 5.80. The monoisotopic (exact) mass is 345 g/mol. The van der Waals surface area contributed by atoms with E-state index in [1.165, 1.54) is 0 Å². The number of rotatable bonds is 9. The van der Waals surface area contributed by atoms with Gasteiger partial charge in [-0.15, -0.1) is 0 Å². The summed E-state index contributed by atoms with van der Waals surface area (Å²) in [6.45, 7) is 2.43. The van der Waals surface area contributed by atoms with Crippen molar-refractivity contribution in [1.82, 2.24) is 5.32 Å². The van der Waals surface area contributed by atoms with Crippen LogP contribution in [-0.4, -0.2) is 39.4 Å².